The molecule has 1 fully saturated rings. The number of benzene rings is 1. The van der Waals surface area contributed by atoms with Crippen molar-refractivity contribution in [3.8, 4) is 23.0 Å². The van der Waals surface area contributed by atoms with Gasteiger partial charge in [-0.2, -0.15) is 0 Å². The number of halogens is 1. The summed E-state index contributed by atoms with van der Waals surface area (Å²) in [6.45, 7) is 6.71. The minimum absolute atomic E-state index is 0.0472. The van der Waals surface area contributed by atoms with E-state index in [2.05, 4.69) is 15.0 Å². The van der Waals surface area contributed by atoms with Crippen molar-refractivity contribution in [2.24, 2.45) is 0 Å². The molecule has 32 heavy (non-hydrogen) atoms. The highest BCUT2D eigenvalue weighted by Gasteiger charge is 2.27. The van der Waals surface area contributed by atoms with Crippen LogP contribution in [0.5, 0.6) is 5.88 Å². The highest BCUT2D eigenvalue weighted by atomic mass is 19.1. The van der Waals surface area contributed by atoms with Gasteiger partial charge in [0.1, 0.15) is 36.0 Å². The molecule has 3 aromatic rings. The number of aromatic nitrogens is 4. The molecule has 1 aliphatic rings. The van der Waals surface area contributed by atoms with Gasteiger partial charge in [-0.15, -0.1) is 0 Å². The minimum Gasteiger partial charge on any atom is -0.474 e. The zero-order valence-electron chi connectivity index (χ0n) is 18.4. The molecule has 0 radical (unpaired) electrons. The maximum Gasteiger partial charge on any atom is 0.410 e. The molecule has 0 spiro atoms. The highest BCUT2D eigenvalue weighted by molar-refractivity contribution is 5.68. The maximum absolute atomic E-state index is 13.2. The minimum atomic E-state index is -0.508. The predicted octanol–water partition coefficient (Wildman–Crippen LogP) is 4.25. The van der Waals surface area contributed by atoms with Crippen molar-refractivity contribution < 1.29 is 18.7 Å². The highest BCUT2D eigenvalue weighted by Crippen LogP contribution is 2.22. The van der Waals surface area contributed by atoms with Crippen LogP contribution in [0.3, 0.4) is 0 Å². The van der Waals surface area contributed by atoms with Gasteiger partial charge in [-0.1, -0.05) is 0 Å². The van der Waals surface area contributed by atoms with Gasteiger partial charge < -0.3 is 14.4 Å². The normalized spacial score (nSPS) is 14.9. The summed E-state index contributed by atoms with van der Waals surface area (Å²) in [6, 6.07) is 7.91. The van der Waals surface area contributed by atoms with Crippen LogP contribution in [0.15, 0.2) is 49.2 Å². The lowest BCUT2D eigenvalue weighted by Crippen LogP contribution is -2.44. The van der Waals surface area contributed by atoms with Gasteiger partial charge in [0.2, 0.25) is 5.88 Å². The first-order valence-corrected chi connectivity index (χ1v) is 10.5. The van der Waals surface area contributed by atoms with E-state index < -0.39 is 5.60 Å². The first-order chi connectivity index (χ1) is 15.3. The van der Waals surface area contributed by atoms with Crippen LogP contribution in [0.1, 0.15) is 33.6 Å². The van der Waals surface area contributed by atoms with E-state index in [1.165, 1.54) is 18.5 Å². The lowest BCUT2D eigenvalue weighted by Gasteiger charge is -2.33. The van der Waals surface area contributed by atoms with Crippen LogP contribution in [0, 0.1) is 5.82 Å². The number of ether oxygens (including phenoxy) is 2. The fourth-order valence-corrected chi connectivity index (χ4v) is 3.41. The molecular weight excluding hydrogens is 413 g/mol. The van der Waals surface area contributed by atoms with E-state index in [1.54, 1.807) is 34.0 Å². The van der Waals surface area contributed by atoms with Crippen LogP contribution in [0.25, 0.3) is 17.1 Å². The number of hydrogen-bond acceptors (Lipinski definition) is 6. The molecule has 1 aliphatic heterocycles. The van der Waals surface area contributed by atoms with Gasteiger partial charge >= 0.3 is 6.09 Å². The molecule has 1 amide bonds. The first kappa shape index (κ1) is 21.7. The summed E-state index contributed by atoms with van der Waals surface area (Å²) in [5.41, 5.74) is 1.01. The summed E-state index contributed by atoms with van der Waals surface area (Å²) in [6.07, 6.45) is 5.95. The monoisotopic (exact) mass is 439 g/mol. The van der Waals surface area contributed by atoms with Gasteiger partial charge in [-0.3, -0.25) is 4.57 Å². The largest absolute Gasteiger partial charge is 0.474 e. The number of likely N-dealkylation sites (tertiary alicyclic amines) is 1. The molecule has 2 aromatic heterocycles. The van der Waals surface area contributed by atoms with Crippen LogP contribution < -0.4 is 4.74 Å². The number of nitrogens with zero attached hydrogens (tertiary/aromatic N) is 5. The molecule has 1 saturated heterocycles. The fraction of sp³-hybridized carbons (Fsp3) is 0.391. The zero-order valence-corrected chi connectivity index (χ0v) is 18.4. The number of amides is 1. The van der Waals surface area contributed by atoms with E-state index >= 15 is 0 Å². The molecule has 168 valence electrons. The first-order valence-electron chi connectivity index (χ1n) is 10.5. The van der Waals surface area contributed by atoms with Crippen molar-refractivity contribution in [3.05, 3.63) is 55.0 Å². The molecule has 0 saturated carbocycles. The van der Waals surface area contributed by atoms with Gasteiger partial charge in [0.25, 0.3) is 0 Å². The number of rotatable bonds is 4. The van der Waals surface area contributed by atoms with E-state index in [-0.39, 0.29) is 18.0 Å². The lowest BCUT2D eigenvalue weighted by molar-refractivity contribution is 0.0123. The molecule has 0 atom stereocenters. The Bertz CT molecular complexity index is 1070. The second-order valence-corrected chi connectivity index (χ2v) is 8.67. The maximum atomic E-state index is 13.2. The Kier molecular flexibility index (Phi) is 6.07. The van der Waals surface area contributed by atoms with Crippen molar-refractivity contribution in [1.29, 1.82) is 0 Å². The van der Waals surface area contributed by atoms with Crippen molar-refractivity contribution in [1.82, 2.24) is 24.4 Å². The third-order valence-electron chi connectivity index (χ3n) is 5.00. The Morgan fingerprint density at radius 1 is 1.09 bits per heavy atom. The summed E-state index contributed by atoms with van der Waals surface area (Å²) in [5.74, 6) is 0.785. The van der Waals surface area contributed by atoms with Crippen molar-refractivity contribution in [2.45, 2.75) is 45.3 Å². The lowest BCUT2D eigenvalue weighted by atomic mass is 10.1. The third-order valence-corrected chi connectivity index (χ3v) is 5.00. The van der Waals surface area contributed by atoms with E-state index in [0.29, 0.717) is 43.3 Å². The van der Waals surface area contributed by atoms with Crippen LogP contribution in [-0.4, -0.2) is 55.3 Å². The van der Waals surface area contributed by atoms with Gasteiger partial charge in [0, 0.05) is 43.8 Å². The molecule has 0 unspecified atom stereocenters. The number of carbonyl (C=O) groups is 1. The standard InChI is InChI=1S/C23H26FN5O3/c1-23(2,3)32-22(30)28-10-8-18(9-11-28)31-21-12-20(25-14-26-21)29-13-19(27-15-29)16-4-6-17(24)7-5-16/h4-7,12-15,18H,8-11H2,1-3H3. The van der Waals surface area contributed by atoms with E-state index in [9.17, 15) is 9.18 Å². The van der Waals surface area contributed by atoms with Crippen molar-refractivity contribution >= 4 is 6.09 Å². The molecule has 9 heteroatoms. The summed E-state index contributed by atoms with van der Waals surface area (Å²) < 4.78 is 26.4. The summed E-state index contributed by atoms with van der Waals surface area (Å²) in [7, 11) is 0. The van der Waals surface area contributed by atoms with Gasteiger partial charge in [0.05, 0.1) is 5.69 Å². The topological polar surface area (TPSA) is 82.4 Å². The van der Waals surface area contributed by atoms with Crippen molar-refractivity contribution in [2.75, 3.05) is 13.1 Å². The van der Waals surface area contributed by atoms with Crippen molar-refractivity contribution in [3.63, 3.8) is 0 Å². The second-order valence-electron chi connectivity index (χ2n) is 8.67. The summed E-state index contributed by atoms with van der Waals surface area (Å²) >= 11 is 0. The SMILES string of the molecule is CC(C)(C)OC(=O)N1CCC(Oc2cc(-n3cnc(-c4ccc(F)cc4)c3)ncn2)CC1. The summed E-state index contributed by atoms with van der Waals surface area (Å²) in [5, 5.41) is 0. The molecule has 8 nitrogen and oxygen atoms in total. The second kappa shape index (κ2) is 8.94. The van der Waals surface area contributed by atoms with Crippen LogP contribution in [-0.2, 0) is 4.74 Å². The van der Waals surface area contributed by atoms with E-state index in [4.69, 9.17) is 9.47 Å². The smallest absolute Gasteiger partial charge is 0.410 e. The molecule has 0 aliphatic carbocycles. The van der Waals surface area contributed by atoms with Crippen LogP contribution in [0.4, 0.5) is 9.18 Å². The average Bonchev–Trinajstić information content (AvgIpc) is 3.24. The number of piperidine rings is 1. The summed E-state index contributed by atoms with van der Waals surface area (Å²) in [4.78, 5) is 26.8. The molecule has 0 bridgehead atoms. The molecule has 3 heterocycles. The Labute approximate surface area is 186 Å². The molecule has 4 rings (SSSR count). The third kappa shape index (κ3) is 5.40. The Balaban J connectivity index is 1.37. The molecule has 1 aromatic carbocycles. The van der Waals surface area contributed by atoms with Crippen LogP contribution in [0.2, 0.25) is 0 Å². The van der Waals surface area contributed by atoms with E-state index in [0.717, 1.165) is 5.56 Å². The average molecular weight is 439 g/mol. The molecular formula is C23H26FN5O3. The fourth-order valence-electron chi connectivity index (χ4n) is 3.41. The number of imidazole rings is 1. The Hall–Kier alpha value is -3.49. The van der Waals surface area contributed by atoms with Gasteiger partial charge in [-0.25, -0.2) is 24.1 Å². The Morgan fingerprint density at radius 3 is 2.50 bits per heavy atom. The molecule has 0 N–H and O–H groups in total. The van der Waals surface area contributed by atoms with E-state index in [1.807, 2.05) is 27.0 Å². The predicted molar refractivity (Wildman–Crippen MR) is 116 cm³/mol. The Morgan fingerprint density at radius 2 is 1.81 bits per heavy atom. The van der Waals surface area contributed by atoms with Gasteiger partial charge in [-0.05, 0) is 45.0 Å². The number of carbonyl (C=O) groups excluding carboxylic acids is 1. The van der Waals surface area contributed by atoms with Crippen LogP contribution >= 0.6 is 0 Å². The zero-order chi connectivity index (χ0) is 22.7. The quantitative estimate of drug-likeness (QED) is 0.605. The number of hydrogen-bond donors (Lipinski definition) is 0. The van der Waals surface area contributed by atoms with Gasteiger partial charge in [0.15, 0.2) is 0 Å².